The van der Waals surface area contributed by atoms with Gasteiger partial charge in [-0.05, 0) is 32.8 Å². The zero-order valence-electron chi connectivity index (χ0n) is 18.8. The number of aromatic amines is 1. The molecule has 33 heavy (non-hydrogen) atoms. The van der Waals surface area contributed by atoms with Crippen molar-refractivity contribution < 1.29 is 18.4 Å². The molecule has 0 aliphatic carbocycles. The van der Waals surface area contributed by atoms with Crippen molar-refractivity contribution in [3.63, 3.8) is 0 Å². The van der Waals surface area contributed by atoms with E-state index in [1.54, 1.807) is 20.8 Å². The number of alkyl carbamates (subject to hydrolysis) is 1. The average Bonchev–Trinajstić information content (AvgIpc) is 3.41. The number of ether oxygens (including phenoxy) is 1. The number of oxazole rings is 2. The van der Waals surface area contributed by atoms with Crippen molar-refractivity contribution in [3.05, 3.63) is 46.7 Å². The maximum atomic E-state index is 12.3. The third-order valence-corrected chi connectivity index (χ3v) is 5.36. The van der Waals surface area contributed by atoms with Crippen molar-refractivity contribution in [2.45, 2.75) is 46.3 Å². The average molecular weight is 491 g/mol. The summed E-state index contributed by atoms with van der Waals surface area (Å²) in [6.45, 7) is 9.26. The summed E-state index contributed by atoms with van der Waals surface area (Å²) in [6.07, 6.45) is 0.848. The number of carbonyl (C=O) groups is 1. The molecule has 174 valence electrons. The van der Waals surface area contributed by atoms with Crippen molar-refractivity contribution in [1.82, 2.24) is 20.3 Å². The fraction of sp³-hybridized carbons (Fsp3) is 0.348. The number of para-hydroxylation sites is 1. The summed E-state index contributed by atoms with van der Waals surface area (Å²) in [5, 5.41) is 4.20. The minimum absolute atomic E-state index is 0.0160. The summed E-state index contributed by atoms with van der Waals surface area (Å²) < 4.78 is 17.0. The second-order valence-corrected chi connectivity index (χ2v) is 9.67. The van der Waals surface area contributed by atoms with Gasteiger partial charge in [0.2, 0.25) is 5.89 Å². The first-order valence-corrected chi connectivity index (χ1v) is 11.2. The molecule has 0 bridgehead atoms. The molecule has 2 N–H and O–H groups in total. The summed E-state index contributed by atoms with van der Waals surface area (Å²) >= 11 is 12.8. The number of nitrogens with zero attached hydrogens (tertiary/aromatic N) is 2. The highest BCUT2D eigenvalue weighted by Gasteiger charge is 2.28. The first-order chi connectivity index (χ1) is 15.5. The predicted octanol–water partition coefficient (Wildman–Crippen LogP) is 7.01. The second-order valence-electron chi connectivity index (χ2n) is 8.94. The van der Waals surface area contributed by atoms with Crippen molar-refractivity contribution >= 4 is 40.2 Å². The van der Waals surface area contributed by atoms with Crippen molar-refractivity contribution in [1.29, 1.82) is 0 Å². The Labute approximate surface area is 200 Å². The smallest absolute Gasteiger partial charge is 0.408 e. The molecule has 0 radical (unpaired) electrons. The number of hydrogen-bond acceptors (Lipinski definition) is 6. The minimum Gasteiger partial charge on any atom is -0.446 e. The van der Waals surface area contributed by atoms with Crippen LogP contribution in [0.4, 0.5) is 4.79 Å². The minimum atomic E-state index is -0.623. The van der Waals surface area contributed by atoms with E-state index in [2.05, 4.69) is 20.3 Å². The Kier molecular flexibility index (Phi) is 6.16. The number of benzene rings is 1. The lowest BCUT2D eigenvalue weighted by molar-refractivity contribution is 0.0479. The standard InChI is InChI=1S/C23H24Cl2N4O4/c1-11(2)16(28-22(30)33-23(3,4)5)21-27-14(10-31-21)20-29-19(25)17(32-20)15-12-8-6-7-9-13(12)26-18(15)24/h6-11,16,26H,1-5H3,(H,28,30)/t16-/m0/s1. The van der Waals surface area contributed by atoms with Crippen LogP contribution in [0.1, 0.15) is 46.6 Å². The fourth-order valence-corrected chi connectivity index (χ4v) is 3.87. The van der Waals surface area contributed by atoms with E-state index >= 15 is 0 Å². The van der Waals surface area contributed by atoms with E-state index in [-0.39, 0.29) is 17.0 Å². The van der Waals surface area contributed by atoms with E-state index in [0.29, 0.717) is 28.1 Å². The van der Waals surface area contributed by atoms with E-state index in [0.717, 1.165) is 10.9 Å². The Bertz CT molecular complexity index is 1300. The number of H-pyrrole nitrogens is 1. The van der Waals surface area contributed by atoms with E-state index in [1.165, 1.54) is 6.26 Å². The quantitative estimate of drug-likeness (QED) is 0.311. The summed E-state index contributed by atoms with van der Waals surface area (Å²) in [5.74, 6) is 0.779. The van der Waals surface area contributed by atoms with E-state index in [9.17, 15) is 4.79 Å². The molecule has 1 aromatic carbocycles. The molecule has 4 aromatic rings. The molecule has 10 heteroatoms. The van der Waals surface area contributed by atoms with Gasteiger partial charge in [0.25, 0.3) is 5.89 Å². The zero-order valence-corrected chi connectivity index (χ0v) is 20.3. The molecule has 0 aliphatic rings. The van der Waals surface area contributed by atoms with Gasteiger partial charge in [-0.15, -0.1) is 0 Å². The summed E-state index contributed by atoms with van der Waals surface area (Å²) in [6, 6.07) is 7.11. The summed E-state index contributed by atoms with van der Waals surface area (Å²) in [5.41, 5.74) is 1.18. The lowest BCUT2D eigenvalue weighted by Crippen LogP contribution is -2.37. The maximum Gasteiger partial charge on any atom is 0.408 e. The van der Waals surface area contributed by atoms with Gasteiger partial charge in [-0.1, -0.05) is 55.2 Å². The van der Waals surface area contributed by atoms with Gasteiger partial charge in [-0.2, -0.15) is 4.98 Å². The molecule has 8 nitrogen and oxygen atoms in total. The van der Waals surface area contributed by atoms with Gasteiger partial charge in [0.1, 0.15) is 23.1 Å². The molecule has 0 saturated carbocycles. The first kappa shape index (κ1) is 23.2. The zero-order chi connectivity index (χ0) is 23.9. The Hall–Kier alpha value is -2.97. The monoisotopic (exact) mass is 490 g/mol. The maximum absolute atomic E-state index is 12.3. The van der Waals surface area contributed by atoms with Crippen LogP contribution in [-0.2, 0) is 4.74 Å². The van der Waals surface area contributed by atoms with Crippen LogP contribution in [0.5, 0.6) is 0 Å². The SMILES string of the molecule is CC(C)[C@H](NC(=O)OC(C)(C)C)c1nc(-c2nc(Cl)c(-c3c(Cl)[nH]c4ccccc34)o2)co1. The molecule has 4 rings (SSSR count). The van der Waals surface area contributed by atoms with Crippen LogP contribution in [-0.4, -0.2) is 26.6 Å². The van der Waals surface area contributed by atoms with Crippen molar-refractivity contribution in [3.8, 4) is 22.9 Å². The number of hydrogen-bond donors (Lipinski definition) is 2. The number of rotatable bonds is 5. The lowest BCUT2D eigenvalue weighted by Gasteiger charge is -2.24. The number of amides is 1. The predicted molar refractivity (Wildman–Crippen MR) is 126 cm³/mol. The van der Waals surface area contributed by atoms with E-state index in [4.69, 9.17) is 36.8 Å². The number of nitrogens with one attached hydrogen (secondary N) is 2. The molecular weight excluding hydrogens is 467 g/mol. The largest absolute Gasteiger partial charge is 0.446 e. The Balaban J connectivity index is 1.64. The van der Waals surface area contributed by atoms with Gasteiger partial charge < -0.3 is 23.9 Å². The van der Waals surface area contributed by atoms with Crippen LogP contribution in [0.2, 0.25) is 10.3 Å². The van der Waals surface area contributed by atoms with Gasteiger partial charge >= 0.3 is 6.09 Å². The van der Waals surface area contributed by atoms with Crippen LogP contribution in [0, 0.1) is 5.92 Å². The second kappa shape index (κ2) is 8.76. The molecule has 0 spiro atoms. The number of carbonyl (C=O) groups excluding carboxylic acids is 1. The molecule has 1 amide bonds. The Morgan fingerprint density at radius 2 is 1.91 bits per heavy atom. The van der Waals surface area contributed by atoms with Crippen LogP contribution < -0.4 is 5.32 Å². The van der Waals surface area contributed by atoms with Crippen LogP contribution in [0.25, 0.3) is 33.8 Å². The Morgan fingerprint density at radius 1 is 1.18 bits per heavy atom. The highest BCUT2D eigenvalue weighted by atomic mass is 35.5. The number of halogens is 2. The van der Waals surface area contributed by atoms with Gasteiger partial charge in [0.05, 0.1) is 5.56 Å². The first-order valence-electron chi connectivity index (χ1n) is 10.4. The molecule has 0 fully saturated rings. The fourth-order valence-electron chi connectivity index (χ4n) is 3.37. The third-order valence-electron chi connectivity index (χ3n) is 4.82. The molecule has 1 atom stereocenters. The van der Waals surface area contributed by atoms with Gasteiger partial charge in [-0.3, -0.25) is 0 Å². The normalized spacial score (nSPS) is 13.0. The van der Waals surface area contributed by atoms with Gasteiger partial charge in [-0.25, -0.2) is 9.78 Å². The van der Waals surface area contributed by atoms with E-state index < -0.39 is 17.7 Å². The molecule has 3 heterocycles. The topological polar surface area (TPSA) is 106 Å². The van der Waals surface area contributed by atoms with Crippen LogP contribution in [0.3, 0.4) is 0 Å². The van der Waals surface area contributed by atoms with Crippen LogP contribution >= 0.6 is 23.2 Å². The molecule has 3 aromatic heterocycles. The van der Waals surface area contributed by atoms with E-state index in [1.807, 2.05) is 38.1 Å². The molecule has 0 unspecified atom stereocenters. The van der Waals surface area contributed by atoms with Crippen molar-refractivity contribution in [2.24, 2.45) is 5.92 Å². The lowest BCUT2D eigenvalue weighted by atomic mass is 10.0. The summed E-state index contributed by atoms with van der Waals surface area (Å²) in [4.78, 5) is 24.2. The molecule has 0 saturated heterocycles. The van der Waals surface area contributed by atoms with Crippen LogP contribution in [0.15, 0.2) is 39.4 Å². The highest BCUT2D eigenvalue weighted by Crippen LogP contribution is 2.41. The van der Waals surface area contributed by atoms with Gasteiger partial charge in [0, 0.05) is 10.9 Å². The summed E-state index contributed by atoms with van der Waals surface area (Å²) in [7, 11) is 0. The molecule has 0 aliphatic heterocycles. The van der Waals surface area contributed by atoms with Crippen molar-refractivity contribution in [2.75, 3.05) is 0 Å². The number of fused-ring (bicyclic) bond motifs is 1. The highest BCUT2D eigenvalue weighted by molar-refractivity contribution is 6.37. The Morgan fingerprint density at radius 3 is 2.61 bits per heavy atom. The molecular formula is C23H24Cl2N4O4. The third kappa shape index (κ3) is 4.86. The van der Waals surface area contributed by atoms with Gasteiger partial charge in [0.15, 0.2) is 16.6 Å². The number of aromatic nitrogens is 3.